The third kappa shape index (κ3) is 7.29. The quantitative estimate of drug-likeness (QED) is 0.830. The molecule has 1 fully saturated rings. The van der Waals surface area contributed by atoms with E-state index in [9.17, 15) is 14.0 Å². The predicted octanol–water partition coefficient (Wildman–Crippen LogP) is 2.36. The molecule has 2 atom stereocenters. The van der Waals surface area contributed by atoms with E-state index in [1.54, 1.807) is 11.9 Å². The second kappa shape index (κ2) is 12.3. The highest BCUT2D eigenvalue weighted by molar-refractivity contribution is 5.90. The van der Waals surface area contributed by atoms with Crippen molar-refractivity contribution in [3.63, 3.8) is 0 Å². The van der Waals surface area contributed by atoms with Gasteiger partial charge < -0.3 is 15.5 Å². The Bertz CT molecular complexity index is 343. The number of likely N-dealkylation sites (N-methyl/N-ethyl adjacent to an activating group) is 2. The molecule has 6 heteroatoms. The average Bonchev–Trinajstić information content (AvgIpc) is 3.00. The summed E-state index contributed by atoms with van der Waals surface area (Å²) in [5, 5.41) is 5.90. The Morgan fingerprint density at radius 1 is 1.26 bits per heavy atom. The van der Waals surface area contributed by atoms with Gasteiger partial charge in [-0.25, -0.2) is 0 Å². The highest BCUT2D eigenvalue weighted by Crippen LogP contribution is 2.25. The minimum Gasteiger partial charge on any atom is -0.355 e. The van der Waals surface area contributed by atoms with Gasteiger partial charge in [0.2, 0.25) is 11.8 Å². The molecule has 1 saturated heterocycles. The number of likely N-dealkylation sites (tertiary alicyclic amines) is 1. The highest BCUT2D eigenvalue weighted by atomic mass is 19.1. The van der Waals surface area contributed by atoms with Crippen molar-refractivity contribution in [3.8, 4) is 0 Å². The Morgan fingerprint density at radius 2 is 1.78 bits per heavy atom. The van der Waals surface area contributed by atoms with E-state index in [0.717, 1.165) is 12.8 Å². The predicted molar refractivity (Wildman–Crippen MR) is 94.1 cm³/mol. The lowest BCUT2D eigenvalue weighted by Crippen LogP contribution is -2.55. The van der Waals surface area contributed by atoms with Crippen molar-refractivity contribution in [2.75, 3.05) is 27.3 Å². The van der Waals surface area contributed by atoms with E-state index >= 15 is 0 Å². The van der Waals surface area contributed by atoms with Gasteiger partial charge in [0.25, 0.3) is 0 Å². The molecule has 1 heterocycles. The Hall–Kier alpha value is -1.17. The molecule has 2 unspecified atom stereocenters. The molecule has 0 bridgehead atoms. The summed E-state index contributed by atoms with van der Waals surface area (Å²) in [4.78, 5) is 26.4. The Balaban J connectivity index is 0. The molecule has 2 amide bonds. The highest BCUT2D eigenvalue weighted by Gasteiger charge is 2.40. The van der Waals surface area contributed by atoms with Crippen LogP contribution >= 0.6 is 0 Å². The van der Waals surface area contributed by atoms with Crippen LogP contribution in [0.1, 0.15) is 54.4 Å². The lowest BCUT2D eigenvalue weighted by Gasteiger charge is -2.34. The van der Waals surface area contributed by atoms with Gasteiger partial charge in [0, 0.05) is 13.1 Å². The van der Waals surface area contributed by atoms with Crippen LogP contribution in [0.25, 0.3) is 0 Å². The molecule has 0 aromatic rings. The summed E-state index contributed by atoms with van der Waals surface area (Å²) in [5.41, 5.74) is -0.166. The van der Waals surface area contributed by atoms with Gasteiger partial charge in [-0.3, -0.25) is 14.0 Å². The minimum atomic E-state index is -0.300. The van der Waals surface area contributed by atoms with Crippen LogP contribution in [0.5, 0.6) is 0 Å². The summed E-state index contributed by atoms with van der Waals surface area (Å²) in [6.07, 6.45) is 1.66. The Kier molecular flexibility index (Phi) is 12.9. The average molecular weight is 333 g/mol. The number of amides is 2. The first-order valence-corrected chi connectivity index (χ1v) is 8.46. The van der Waals surface area contributed by atoms with E-state index in [0.29, 0.717) is 20.3 Å². The fourth-order valence-corrected chi connectivity index (χ4v) is 2.69. The molecule has 23 heavy (non-hydrogen) atoms. The molecule has 2 N–H and O–H groups in total. The maximum absolute atomic E-state index is 12.6. The van der Waals surface area contributed by atoms with Crippen molar-refractivity contribution >= 4 is 11.8 Å². The lowest BCUT2D eigenvalue weighted by molar-refractivity contribution is -0.141. The summed E-state index contributed by atoms with van der Waals surface area (Å²) < 4.78 is 9.50. The van der Waals surface area contributed by atoms with Gasteiger partial charge >= 0.3 is 0 Å². The number of carbonyl (C=O) groups is 2. The van der Waals surface area contributed by atoms with Gasteiger partial charge in [-0.1, -0.05) is 34.6 Å². The number of carbonyl (C=O) groups excluding carboxylic acids is 2. The van der Waals surface area contributed by atoms with Crippen molar-refractivity contribution in [2.24, 2.45) is 5.41 Å². The van der Waals surface area contributed by atoms with Gasteiger partial charge in [-0.2, -0.15) is 0 Å². The van der Waals surface area contributed by atoms with E-state index < -0.39 is 0 Å². The van der Waals surface area contributed by atoms with E-state index in [1.165, 1.54) is 0 Å². The second-order valence-corrected chi connectivity index (χ2v) is 6.17. The molecule has 5 nitrogen and oxygen atoms in total. The zero-order valence-corrected chi connectivity index (χ0v) is 16.1. The number of halogens is 1. The first kappa shape index (κ1) is 24.1. The van der Waals surface area contributed by atoms with Crippen LogP contribution in [0.4, 0.5) is 4.39 Å². The molecule has 0 aromatic heterocycles. The fourth-order valence-electron chi connectivity index (χ4n) is 2.69. The van der Waals surface area contributed by atoms with E-state index in [1.807, 2.05) is 41.5 Å². The molecular formula is C17H36FN3O2. The Labute approximate surface area is 141 Å². The van der Waals surface area contributed by atoms with Crippen LogP contribution in [0.15, 0.2) is 0 Å². The molecule has 0 aromatic carbocycles. The SMILES string of the molecule is CC.CCNC(=O)C1CCCN1C(=O)C(NC)C(C)(C)C.CF. The summed E-state index contributed by atoms with van der Waals surface area (Å²) in [5.74, 6) is 0.000801. The third-order valence-corrected chi connectivity index (χ3v) is 3.59. The fraction of sp³-hybridized carbons (Fsp3) is 0.882. The molecule has 138 valence electrons. The third-order valence-electron chi connectivity index (χ3n) is 3.59. The topological polar surface area (TPSA) is 61.4 Å². The first-order chi connectivity index (χ1) is 10.8. The monoisotopic (exact) mass is 333 g/mol. The number of hydrogen-bond acceptors (Lipinski definition) is 3. The molecule has 0 saturated carbocycles. The zero-order chi connectivity index (χ0) is 18.6. The normalized spacial score (nSPS) is 18.1. The molecular weight excluding hydrogens is 297 g/mol. The number of nitrogens with one attached hydrogen (secondary N) is 2. The van der Waals surface area contributed by atoms with Crippen molar-refractivity contribution < 1.29 is 14.0 Å². The summed E-state index contributed by atoms with van der Waals surface area (Å²) in [6, 6.07) is -0.562. The Morgan fingerprint density at radius 3 is 2.17 bits per heavy atom. The largest absolute Gasteiger partial charge is 0.355 e. The van der Waals surface area contributed by atoms with E-state index in [4.69, 9.17) is 0 Å². The minimum absolute atomic E-state index is 0.0305. The van der Waals surface area contributed by atoms with Crippen LogP contribution in [0, 0.1) is 5.41 Å². The number of nitrogens with zero attached hydrogens (tertiary/aromatic N) is 1. The van der Waals surface area contributed by atoms with E-state index in [-0.39, 0.29) is 29.3 Å². The molecule has 0 aliphatic carbocycles. The number of alkyl halides is 1. The van der Waals surface area contributed by atoms with Crippen LogP contribution < -0.4 is 10.6 Å². The van der Waals surface area contributed by atoms with Crippen LogP contribution in [0.3, 0.4) is 0 Å². The van der Waals surface area contributed by atoms with Crippen LogP contribution in [-0.4, -0.2) is 56.1 Å². The summed E-state index contributed by atoms with van der Waals surface area (Å²) in [7, 11) is 2.30. The van der Waals surface area contributed by atoms with Crippen LogP contribution in [0.2, 0.25) is 0 Å². The van der Waals surface area contributed by atoms with Gasteiger partial charge in [0.1, 0.15) is 6.04 Å². The van der Waals surface area contributed by atoms with Crippen molar-refractivity contribution in [2.45, 2.75) is 66.5 Å². The standard InChI is InChI=1S/C14H27N3O2.C2H6.CH3F/c1-6-16-12(18)10-8-7-9-17(10)13(19)11(15-5)14(2,3)4;2*1-2/h10-11,15H,6-9H2,1-5H3,(H,16,18);1-2H3;1H3. The van der Waals surface area contributed by atoms with Gasteiger partial charge in [0.15, 0.2) is 0 Å². The number of hydrogen-bond donors (Lipinski definition) is 2. The maximum atomic E-state index is 12.6. The van der Waals surface area contributed by atoms with E-state index in [2.05, 4.69) is 10.6 Å². The molecule has 0 radical (unpaired) electrons. The molecule has 1 aliphatic rings. The van der Waals surface area contributed by atoms with Crippen LogP contribution in [-0.2, 0) is 9.59 Å². The van der Waals surface area contributed by atoms with Gasteiger partial charge in [-0.15, -0.1) is 0 Å². The van der Waals surface area contributed by atoms with Gasteiger partial charge in [0.05, 0.1) is 13.2 Å². The maximum Gasteiger partial charge on any atom is 0.242 e. The second-order valence-electron chi connectivity index (χ2n) is 6.17. The smallest absolute Gasteiger partial charge is 0.242 e. The van der Waals surface area contributed by atoms with Crippen molar-refractivity contribution in [1.82, 2.24) is 15.5 Å². The lowest BCUT2D eigenvalue weighted by atomic mass is 9.86. The number of rotatable bonds is 4. The molecule has 1 rings (SSSR count). The molecule has 0 spiro atoms. The zero-order valence-electron chi connectivity index (χ0n) is 16.1. The molecule has 1 aliphatic heterocycles. The van der Waals surface area contributed by atoms with Crippen molar-refractivity contribution in [3.05, 3.63) is 0 Å². The summed E-state index contributed by atoms with van der Waals surface area (Å²) in [6.45, 7) is 13.3. The van der Waals surface area contributed by atoms with Crippen molar-refractivity contribution in [1.29, 1.82) is 0 Å². The van der Waals surface area contributed by atoms with Gasteiger partial charge in [-0.05, 0) is 32.2 Å². The first-order valence-electron chi connectivity index (χ1n) is 8.46. The summed E-state index contributed by atoms with van der Waals surface area (Å²) >= 11 is 0.